The molecule has 110 valence electrons. The van der Waals surface area contributed by atoms with E-state index in [9.17, 15) is 0 Å². The average molecular weight is 305 g/mol. The minimum atomic E-state index is 0. The fourth-order valence-corrected chi connectivity index (χ4v) is 2.58. The molecule has 1 saturated heterocycles. The Kier molecular flexibility index (Phi) is 10.3. The molecule has 1 aliphatic heterocycles. The van der Waals surface area contributed by atoms with Gasteiger partial charge in [-0.25, -0.2) is 0 Å². The van der Waals surface area contributed by atoms with E-state index in [0.29, 0.717) is 0 Å². The van der Waals surface area contributed by atoms with Gasteiger partial charge < -0.3 is 5.32 Å². The summed E-state index contributed by atoms with van der Waals surface area (Å²) in [5.74, 6) is 0.889. The zero-order chi connectivity index (χ0) is 11.9. The lowest BCUT2D eigenvalue weighted by Crippen LogP contribution is -2.35. The molecular weight excluding hydrogens is 279 g/mol. The summed E-state index contributed by atoms with van der Waals surface area (Å²) in [7, 11) is 0. The van der Waals surface area contributed by atoms with Crippen LogP contribution in [0.3, 0.4) is 0 Å². The molecule has 0 aliphatic carbocycles. The molecule has 1 N–H and O–H groups in total. The topological polar surface area (TPSA) is 15.3 Å². The van der Waals surface area contributed by atoms with E-state index in [1.165, 1.54) is 38.0 Å². The van der Waals surface area contributed by atoms with Crippen LogP contribution in [0.25, 0.3) is 0 Å². The van der Waals surface area contributed by atoms with Gasteiger partial charge in [-0.2, -0.15) is 0 Å². The first-order valence-corrected chi connectivity index (χ1v) is 6.85. The van der Waals surface area contributed by atoms with Gasteiger partial charge in [0.2, 0.25) is 0 Å². The third-order valence-electron chi connectivity index (χ3n) is 3.67. The molecule has 1 aromatic carbocycles. The molecule has 1 heterocycles. The highest BCUT2D eigenvalue weighted by Crippen LogP contribution is 2.15. The Balaban J connectivity index is 0.00000162. The van der Waals surface area contributed by atoms with Gasteiger partial charge in [0.1, 0.15) is 0 Å². The third kappa shape index (κ3) is 6.62. The van der Waals surface area contributed by atoms with Gasteiger partial charge in [0.25, 0.3) is 0 Å². The zero-order valence-corrected chi connectivity index (χ0v) is 13.3. The molecule has 1 fully saturated rings. The lowest BCUT2D eigenvalue weighted by atomic mass is 9.97. The number of hydrogen-bond acceptors (Lipinski definition) is 2. The number of benzene rings is 1. The summed E-state index contributed by atoms with van der Waals surface area (Å²) in [5, 5.41) is 3.44. The maximum atomic E-state index is 3.44. The summed E-state index contributed by atoms with van der Waals surface area (Å²) in [6.07, 6.45) is 2.68. The van der Waals surface area contributed by atoms with E-state index in [1.54, 1.807) is 0 Å². The first-order chi connectivity index (χ1) is 8.38. The van der Waals surface area contributed by atoms with Crippen molar-refractivity contribution in [2.24, 2.45) is 5.92 Å². The highest BCUT2D eigenvalue weighted by Gasteiger charge is 2.16. The van der Waals surface area contributed by atoms with Crippen LogP contribution < -0.4 is 5.32 Å². The second-order valence-electron chi connectivity index (χ2n) is 5.01. The van der Waals surface area contributed by atoms with Gasteiger partial charge in [-0.15, -0.1) is 24.8 Å². The molecule has 0 aromatic heterocycles. The SMILES string of the molecule is CCN(Cc1ccccc1)CC1CCNCC1.Cl.Cl. The molecule has 0 spiro atoms. The summed E-state index contributed by atoms with van der Waals surface area (Å²) in [5.41, 5.74) is 1.43. The summed E-state index contributed by atoms with van der Waals surface area (Å²) in [6, 6.07) is 10.8. The van der Waals surface area contributed by atoms with E-state index in [1.807, 2.05) is 0 Å². The highest BCUT2D eigenvalue weighted by molar-refractivity contribution is 5.85. The first-order valence-electron chi connectivity index (χ1n) is 6.85. The third-order valence-corrected chi connectivity index (χ3v) is 3.67. The van der Waals surface area contributed by atoms with Gasteiger partial charge in [0.15, 0.2) is 0 Å². The van der Waals surface area contributed by atoms with Gasteiger partial charge >= 0.3 is 0 Å². The number of rotatable bonds is 5. The lowest BCUT2D eigenvalue weighted by molar-refractivity contribution is 0.207. The Morgan fingerprint density at radius 3 is 2.32 bits per heavy atom. The van der Waals surface area contributed by atoms with Crippen LogP contribution in [0.1, 0.15) is 25.3 Å². The van der Waals surface area contributed by atoms with Crippen molar-refractivity contribution in [3.05, 3.63) is 35.9 Å². The number of nitrogens with one attached hydrogen (secondary N) is 1. The maximum Gasteiger partial charge on any atom is 0.0233 e. The monoisotopic (exact) mass is 304 g/mol. The molecule has 1 aliphatic rings. The fourth-order valence-electron chi connectivity index (χ4n) is 2.58. The predicted molar refractivity (Wildman–Crippen MR) is 87.5 cm³/mol. The smallest absolute Gasteiger partial charge is 0.0233 e. The molecule has 0 bridgehead atoms. The Morgan fingerprint density at radius 2 is 1.74 bits per heavy atom. The second-order valence-corrected chi connectivity index (χ2v) is 5.01. The summed E-state index contributed by atoms with van der Waals surface area (Å²) >= 11 is 0. The molecule has 0 radical (unpaired) electrons. The van der Waals surface area contributed by atoms with Crippen LogP contribution in [-0.2, 0) is 6.54 Å². The first kappa shape index (κ1) is 18.7. The Hall–Kier alpha value is -0.280. The van der Waals surface area contributed by atoms with E-state index in [4.69, 9.17) is 0 Å². The van der Waals surface area contributed by atoms with Crippen LogP contribution in [0.4, 0.5) is 0 Å². The quantitative estimate of drug-likeness (QED) is 0.897. The molecular formula is C15H26Cl2N2. The van der Waals surface area contributed by atoms with Crippen LogP contribution in [0.15, 0.2) is 30.3 Å². The summed E-state index contributed by atoms with van der Waals surface area (Å²) < 4.78 is 0. The fraction of sp³-hybridized carbons (Fsp3) is 0.600. The summed E-state index contributed by atoms with van der Waals surface area (Å²) in [6.45, 7) is 8.18. The van der Waals surface area contributed by atoms with Crippen molar-refractivity contribution in [1.29, 1.82) is 0 Å². The van der Waals surface area contributed by atoms with Crippen LogP contribution in [-0.4, -0.2) is 31.1 Å². The van der Waals surface area contributed by atoms with Gasteiger partial charge in [-0.05, 0) is 44.0 Å². The van der Waals surface area contributed by atoms with Crippen molar-refractivity contribution in [3.63, 3.8) is 0 Å². The molecule has 1 aromatic rings. The van der Waals surface area contributed by atoms with Gasteiger partial charge in [-0.1, -0.05) is 37.3 Å². The summed E-state index contributed by atoms with van der Waals surface area (Å²) in [4.78, 5) is 2.57. The van der Waals surface area contributed by atoms with Crippen LogP contribution in [0, 0.1) is 5.92 Å². The number of hydrogen-bond donors (Lipinski definition) is 1. The maximum absolute atomic E-state index is 3.44. The van der Waals surface area contributed by atoms with Crippen molar-refractivity contribution >= 4 is 24.8 Å². The molecule has 0 unspecified atom stereocenters. The van der Waals surface area contributed by atoms with Gasteiger partial charge in [0, 0.05) is 13.1 Å². The predicted octanol–water partition coefficient (Wildman–Crippen LogP) is 3.35. The highest BCUT2D eigenvalue weighted by atomic mass is 35.5. The van der Waals surface area contributed by atoms with Crippen LogP contribution >= 0.6 is 24.8 Å². The second kappa shape index (κ2) is 10.5. The van der Waals surface area contributed by atoms with E-state index in [-0.39, 0.29) is 24.8 Å². The molecule has 0 saturated carbocycles. The van der Waals surface area contributed by atoms with E-state index >= 15 is 0 Å². The van der Waals surface area contributed by atoms with Crippen molar-refractivity contribution in [2.75, 3.05) is 26.2 Å². The minimum Gasteiger partial charge on any atom is -0.317 e. The minimum absolute atomic E-state index is 0. The van der Waals surface area contributed by atoms with Crippen LogP contribution in [0.5, 0.6) is 0 Å². The van der Waals surface area contributed by atoms with Gasteiger partial charge in [0.05, 0.1) is 0 Å². The number of halogens is 2. The van der Waals surface area contributed by atoms with Crippen molar-refractivity contribution < 1.29 is 0 Å². The van der Waals surface area contributed by atoms with Crippen molar-refractivity contribution in [1.82, 2.24) is 10.2 Å². The van der Waals surface area contributed by atoms with E-state index < -0.39 is 0 Å². The molecule has 2 nitrogen and oxygen atoms in total. The standard InChI is InChI=1S/C15H24N2.2ClH/c1-2-17(12-14-6-4-3-5-7-14)13-15-8-10-16-11-9-15;;/h3-7,15-16H,2,8-13H2,1H3;2*1H. The molecule has 0 amide bonds. The van der Waals surface area contributed by atoms with Gasteiger partial charge in [-0.3, -0.25) is 4.90 Å². The normalized spacial score (nSPS) is 15.7. The Labute approximate surface area is 129 Å². The number of nitrogens with zero attached hydrogens (tertiary/aromatic N) is 1. The largest absolute Gasteiger partial charge is 0.317 e. The Morgan fingerprint density at radius 1 is 1.11 bits per heavy atom. The van der Waals surface area contributed by atoms with Crippen molar-refractivity contribution in [2.45, 2.75) is 26.3 Å². The molecule has 0 atom stereocenters. The number of piperidine rings is 1. The zero-order valence-electron chi connectivity index (χ0n) is 11.7. The molecule has 19 heavy (non-hydrogen) atoms. The Bertz CT molecular complexity index is 313. The van der Waals surface area contributed by atoms with Crippen LogP contribution in [0.2, 0.25) is 0 Å². The lowest BCUT2D eigenvalue weighted by Gasteiger charge is -2.29. The average Bonchev–Trinajstić information content (AvgIpc) is 2.40. The molecule has 2 rings (SSSR count). The van der Waals surface area contributed by atoms with Crippen molar-refractivity contribution in [3.8, 4) is 0 Å². The van der Waals surface area contributed by atoms with E-state index in [2.05, 4.69) is 47.5 Å². The molecule has 4 heteroatoms. The van der Waals surface area contributed by atoms with E-state index in [0.717, 1.165) is 19.0 Å².